The largest absolute Gasteiger partial charge is 0.497 e. The fourth-order valence-electron chi connectivity index (χ4n) is 1.80. The van der Waals surface area contributed by atoms with Gasteiger partial charge in [0.1, 0.15) is 11.5 Å². The molecule has 2 aromatic rings. The number of hydrogen-bond acceptors (Lipinski definition) is 7. The lowest BCUT2D eigenvalue weighted by Crippen LogP contribution is -2.09. The van der Waals surface area contributed by atoms with Gasteiger partial charge in [0, 0.05) is 13.2 Å². The second-order valence-corrected chi connectivity index (χ2v) is 4.01. The summed E-state index contributed by atoms with van der Waals surface area (Å²) >= 11 is 0. The van der Waals surface area contributed by atoms with Gasteiger partial charge in [0.15, 0.2) is 5.82 Å². The molecule has 1 heterocycles. The van der Waals surface area contributed by atoms with Crippen LogP contribution in [0.4, 0.5) is 5.69 Å². The molecule has 0 aliphatic heterocycles. The summed E-state index contributed by atoms with van der Waals surface area (Å²) in [5, 5.41) is 11.6. The molecular weight excluding hydrogens is 262 g/mol. The number of nitrogen functional groups attached to an aromatic ring is 1. The maximum absolute atomic E-state index is 6.09. The number of rotatable bonds is 6. The van der Waals surface area contributed by atoms with Gasteiger partial charge in [-0.1, -0.05) is 0 Å². The molecule has 1 aromatic carbocycles. The van der Waals surface area contributed by atoms with Gasteiger partial charge in [-0.25, -0.2) is 4.68 Å². The van der Waals surface area contributed by atoms with Gasteiger partial charge in [-0.15, -0.1) is 5.10 Å². The maximum Gasteiger partial charge on any atom is 0.184 e. The predicted molar refractivity (Wildman–Crippen MR) is 72.6 cm³/mol. The summed E-state index contributed by atoms with van der Waals surface area (Å²) in [7, 11) is 4.73. The second-order valence-electron chi connectivity index (χ2n) is 4.01. The first-order valence-corrected chi connectivity index (χ1v) is 5.98. The van der Waals surface area contributed by atoms with Crippen LogP contribution in [0.1, 0.15) is 0 Å². The number of hydrogen-bond donors (Lipinski definition) is 1. The van der Waals surface area contributed by atoms with Crippen LogP contribution in [0.2, 0.25) is 0 Å². The fourth-order valence-corrected chi connectivity index (χ4v) is 1.80. The number of nitrogens with two attached hydrogens (primary N) is 1. The Morgan fingerprint density at radius 1 is 1.20 bits per heavy atom. The summed E-state index contributed by atoms with van der Waals surface area (Å²) < 4.78 is 17.1. The summed E-state index contributed by atoms with van der Waals surface area (Å²) in [6, 6.07) is 3.48. The smallest absolute Gasteiger partial charge is 0.184 e. The summed E-state index contributed by atoms with van der Waals surface area (Å²) in [6.45, 7) is 1.02. The van der Waals surface area contributed by atoms with E-state index in [2.05, 4.69) is 15.5 Å². The van der Waals surface area contributed by atoms with E-state index in [9.17, 15) is 0 Å². The quantitative estimate of drug-likeness (QED) is 0.772. The van der Waals surface area contributed by atoms with Crippen LogP contribution in [-0.2, 0) is 11.3 Å². The third-order valence-electron chi connectivity index (χ3n) is 2.85. The van der Waals surface area contributed by atoms with Gasteiger partial charge in [0.2, 0.25) is 0 Å². The van der Waals surface area contributed by atoms with Crippen molar-refractivity contribution in [2.45, 2.75) is 6.54 Å². The van der Waals surface area contributed by atoms with E-state index in [0.717, 1.165) is 0 Å². The zero-order valence-corrected chi connectivity index (χ0v) is 11.7. The molecule has 8 heteroatoms. The molecule has 1 aromatic heterocycles. The van der Waals surface area contributed by atoms with E-state index in [4.69, 9.17) is 19.9 Å². The average Bonchev–Trinajstić information content (AvgIpc) is 2.93. The highest BCUT2D eigenvalue weighted by molar-refractivity contribution is 5.78. The summed E-state index contributed by atoms with van der Waals surface area (Å²) in [5.74, 6) is 1.67. The molecule has 2 rings (SSSR count). The van der Waals surface area contributed by atoms with Gasteiger partial charge >= 0.3 is 0 Å². The molecule has 20 heavy (non-hydrogen) atoms. The van der Waals surface area contributed by atoms with Crippen LogP contribution < -0.4 is 15.2 Å². The van der Waals surface area contributed by atoms with E-state index >= 15 is 0 Å². The van der Waals surface area contributed by atoms with Crippen molar-refractivity contribution in [3.05, 3.63) is 12.1 Å². The number of tetrazole rings is 1. The Morgan fingerprint density at radius 2 is 2.00 bits per heavy atom. The first-order chi connectivity index (χ1) is 9.71. The van der Waals surface area contributed by atoms with Crippen LogP contribution in [0, 0.1) is 0 Å². The fraction of sp³-hybridized carbons (Fsp3) is 0.417. The molecule has 2 N–H and O–H groups in total. The van der Waals surface area contributed by atoms with Gasteiger partial charge < -0.3 is 19.9 Å². The predicted octanol–water partition coefficient (Wildman–Crippen LogP) is 0.586. The van der Waals surface area contributed by atoms with Crippen LogP contribution in [0.3, 0.4) is 0 Å². The van der Waals surface area contributed by atoms with Crippen molar-refractivity contribution in [2.75, 3.05) is 33.7 Å². The third kappa shape index (κ3) is 2.64. The molecule has 0 saturated heterocycles. The van der Waals surface area contributed by atoms with E-state index < -0.39 is 0 Å². The summed E-state index contributed by atoms with van der Waals surface area (Å²) in [5.41, 5.74) is 7.20. The van der Waals surface area contributed by atoms with Crippen molar-refractivity contribution in [1.82, 2.24) is 20.2 Å². The molecule has 0 aliphatic carbocycles. The van der Waals surface area contributed by atoms with Crippen molar-refractivity contribution in [3.63, 3.8) is 0 Å². The number of methoxy groups -OCH3 is 3. The number of anilines is 1. The van der Waals surface area contributed by atoms with Crippen molar-refractivity contribution in [2.24, 2.45) is 0 Å². The Kier molecular flexibility index (Phi) is 4.36. The zero-order chi connectivity index (χ0) is 14.5. The normalized spacial score (nSPS) is 10.6. The minimum absolute atomic E-state index is 0.460. The topological polar surface area (TPSA) is 97.3 Å². The van der Waals surface area contributed by atoms with Gasteiger partial charge in [-0.3, -0.25) is 0 Å². The van der Waals surface area contributed by atoms with E-state index in [1.807, 2.05) is 0 Å². The van der Waals surface area contributed by atoms with E-state index in [1.165, 1.54) is 0 Å². The summed E-state index contributed by atoms with van der Waals surface area (Å²) in [4.78, 5) is 0. The number of nitrogens with zero attached hydrogens (tertiary/aromatic N) is 4. The number of aromatic nitrogens is 4. The van der Waals surface area contributed by atoms with E-state index in [0.29, 0.717) is 41.7 Å². The average molecular weight is 279 g/mol. The highest BCUT2D eigenvalue weighted by atomic mass is 16.5. The Hall–Kier alpha value is -2.35. The Bertz CT molecular complexity index is 584. The molecule has 0 bridgehead atoms. The first-order valence-electron chi connectivity index (χ1n) is 5.98. The number of ether oxygens (including phenoxy) is 3. The lowest BCUT2D eigenvalue weighted by molar-refractivity contribution is 0.183. The molecule has 0 saturated carbocycles. The second kappa shape index (κ2) is 6.20. The van der Waals surface area contributed by atoms with Gasteiger partial charge in [0.05, 0.1) is 38.6 Å². The minimum Gasteiger partial charge on any atom is -0.497 e. The SMILES string of the molecule is COCCn1nnnc1-c1cc(OC)cc(OC)c1N. The molecule has 0 atom stereocenters. The molecule has 108 valence electrons. The first kappa shape index (κ1) is 14.1. The van der Waals surface area contributed by atoms with Crippen LogP contribution in [0.5, 0.6) is 11.5 Å². The van der Waals surface area contributed by atoms with Crippen molar-refractivity contribution in [1.29, 1.82) is 0 Å². The minimum atomic E-state index is 0.460. The van der Waals surface area contributed by atoms with Crippen LogP contribution in [0.15, 0.2) is 12.1 Å². The van der Waals surface area contributed by atoms with Crippen molar-refractivity contribution >= 4 is 5.69 Å². The van der Waals surface area contributed by atoms with E-state index in [-0.39, 0.29) is 0 Å². The Balaban J connectivity index is 2.48. The highest BCUT2D eigenvalue weighted by Crippen LogP contribution is 2.36. The lowest BCUT2D eigenvalue weighted by Gasteiger charge is -2.12. The van der Waals surface area contributed by atoms with Crippen molar-refractivity contribution < 1.29 is 14.2 Å². The van der Waals surface area contributed by atoms with Crippen LogP contribution in [0.25, 0.3) is 11.4 Å². The van der Waals surface area contributed by atoms with Crippen molar-refractivity contribution in [3.8, 4) is 22.9 Å². The molecule has 0 unspecified atom stereocenters. The van der Waals surface area contributed by atoms with Crippen LogP contribution >= 0.6 is 0 Å². The molecular formula is C12H17N5O3. The van der Waals surface area contributed by atoms with E-state index in [1.54, 1.807) is 38.1 Å². The summed E-state index contributed by atoms with van der Waals surface area (Å²) in [6.07, 6.45) is 0. The Morgan fingerprint density at radius 3 is 2.65 bits per heavy atom. The Labute approximate surface area is 116 Å². The highest BCUT2D eigenvalue weighted by Gasteiger charge is 2.17. The van der Waals surface area contributed by atoms with Gasteiger partial charge in [-0.2, -0.15) is 0 Å². The molecule has 8 nitrogen and oxygen atoms in total. The molecule has 0 amide bonds. The van der Waals surface area contributed by atoms with Gasteiger partial charge in [-0.05, 0) is 16.5 Å². The molecule has 0 radical (unpaired) electrons. The third-order valence-corrected chi connectivity index (χ3v) is 2.85. The lowest BCUT2D eigenvalue weighted by atomic mass is 10.1. The number of benzene rings is 1. The standard InChI is InChI=1S/C12H17N5O3/c1-18-5-4-17-12(14-15-16-17)9-6-8(19-2)7-10(20-3)11(9)13/h6-7H,4-5,13H2,1-3H3. The molecule has 0 aliphatic rings. The molecule has 0 spiro atoms. The monoisotopic (exact) mass is 279 g/mol. The molecule has 0 fully saturated rings. The zero-order valence-electron chi connectivity index (χ0n) is 11.7. The van der Waals surface area contributed by atoms with Gasteiger partial charge in [0.25, 0.3) is 0 Å². The van der Waals surface area contributed by atoms with Crippen LogP contribution in [-0.4, -0.2) is 48.1 Å². The maximum atomic E-state index is 6.09.